The smallest absolute Gasteiger partial charge is 0.311 e. The largest absolute Gasteiger partial charge is 0.387 e. The van der Waals surface area contributed by atoms with Gasteiger partial charge in [0.25, 0.3) is 0 Å². The lowest BCUT2D eigenvalue weighted by Gasteiger charge is -2.36. The van der Waals surface area contributed by atoms with Gasteiger partial charge >= 0.3 is 10.1 Å². The highest BCUT2D eigenvalue weighted by Crippen LogP contribution is 2.35. The Labute approximate surface area is 132 Å². The van der Waals surface area contributed by atoms with Crippen molar-refractivity contribution in [2.45, 2.75) is 44.6 Å². The van der Waals surface area contributed by atoms with Crippen LogP contribution in [0.25, 0.3) is 0 Å². The lowest BCUT2D eigenvalue weighted by molar-refractivity contribution is 0.350. The predicted molar refractivity (Wildman–Crippen MR) is 88.2 cm³/mol. The molecule has 0 fully saturated rings. The Hall–Kier alpha value is -1.49. The molecule has 0 N–H and O–H groups in total. The molecular formula is C17H23NO3S. The summed E-state index contributed by atoms with van der Waals surface area (Å²) in [5.74, 6) is 0.746. The minimum Gasteiger partial charge on any atom is -0.387 e. The maximum absolute atomic E-state index is 12.2. The predicted octanol–water partition coefficient (Wildman–Crippen LogP) is 3.46. The molecule has 2 aliphatic rings. The van der Waals surface area contributed by atoms with Crippen molar-refractivity contribution in [2.24, 2.45) is 0 Å². The molecule has 0 saturated carbocycles. The van der Waals surface area contributed by atoms with E-state index in [1.165, 1.54) is 12.0 Å². The Balaban J connectivity index is 1.97. The maximum Gasteiger partial charge on any atom is 0.311 e. The summed E-state index contributed by atoms with van der Waals surface area (Å²) in [4.78, 5) is 2.08. The highest BCUT2D eigenvalue weighted by molar-refractivity contribution is 7.86. The van der Waals surface area contributed by atoms with E-state index >= 15 is 0 Å². The summed E-state index contributed by atoms with van der Waals surface area (Å²) in [5, 5.41) is 0. The van der Waals surface area contributed by atoms with E-state index in [-0.39, 0.29) is 11.8 Å². The van der Waals surface area contributed by atoms with Crippen LogP contribution in [0.4, 0.5) is 5.69 Å². The van der Waals surface area contributed by atoms with Crippen LogP contribution in [0.15, 0.2) is 41.7 Å². The molecule has 1 aromatic carbocycles. The number of rotatable bonds is 2. The van der Waals surface area contributed by atoms with E-state index in [0.29, 0.717) is 5.76 Å². The molecule has 0 bridgehead atoms. The number of allylic oxidation sites excluding steroid dienone is 1. The van der Waals surface area contributed by atoms with Gasteiger partial charge in [0.2, 0.25) is 0 Å². The number of nitrogens with zero attached hydrogens (tertiary/aromatic N) is 1. The summed E-state index contributed by atoms with van der Waals surface area (Å²) in [6.45, 7) is 0. The Kier molecular flexibility index (Phi) is 4.43. The summed E-state index contributed by atoms with van der Waals surface area (Å²) < 4.78 is 29.7. The molecule has 0 radical (unpaired) electrons. The van der Waals surface area contributed by atoms with Crippen LogP contribution in [0.1, 0.15) is 38.5 Å². The minimum absolute atomic E-state index is 0.0389. The highest BCUT2D eigenvalue weighted by atomic mass is 32.2. The van der Waals surface area contributed by atoms with Crippen molar-refractivity contribution in [1.82, 2.24) is 0 Å². The van der Waals surface area contributed by atoms with E-state index < -0.39 is 10.1 Å². The minimum atomic E-state index is -3.48. The third-order valence-corrected chi connectivity index (χ3v) is 5.76. The molecule has 0 spiro atoms. The molecular weight excluding hydrogens is 298 g/mol. The second kappa shape index (κ2) is 6.32. The van der Waals surface area contributed by atoms with Crippen LogP contribution in [-0.4, -0.2) is 27.3 Å². The first-order valence-corrected chi connectivity index (χ1v) is 9.56. The first-order valence-electron chi connectivity index (χ1n) is 7.99. The van der Waals surface area contributed by atoms with E-state index in [0.717, 1.165) is 37.8 Å². The molecule has 1 heterocycles. The fourth-order valence-corrected chi connectivity index (χ4v) is 4.75. The summed E-state index contributed by atoms with van der Waals surface area (Å²) in [7, 11) is -1.51. The van der Waals surface area contributed by atoms with Gasteiger partial charge in [0.05, 0.1) is 6.04 Å². The van der Waals surface area contributed by atoms with Crippen LogP contribution in [0.5, 0.6) is 0 Å². The molecule has 120 valence electrons. The van der Waals surface area contributed by atoms with Gasteiger partial charge in [-0.15, -0.1) is 0 Å². The zero-order valence-corrected chi connectivity index (χ0v) is 13.8. The number of anilines is 1. The van der Waals surface area contributed by atoms with Gasteiger partial charge in [-0.05, 0) is 37.0 Å². The van der Waals surface area contributed by atoms with Crippen molar-refractivity contribution < 1.29 is 12.6 Å². The lowest BCUT2D eigenvalue weighted by atomic mass is 9.93. The molecule has 0 amide bonds. The standard InChI is InChI=1S/C17H23NO3S/c1-18(14-9-5-4-6-10-14)16-13-22(19,20)21-17-12-8-3-2-7-11-15(16)17/h4-6,9-10,16H,2-3,7-8,11-13H2,1H3. The van der Waals surface area contributed by atoms with E-state index in [1.807, 2.05) is 37.4 Å². The van der Waals surface area contributed by atoms with Gasteiger partial charge in [0.1, 0.15) is 11.5 Å². The summed E-state index contributed by atoms with van der Waals surface area (Å²) in [6, 6.07) is 9.85. The molecule has 4 nitrogen and oxygen atoms in total. The topological polar surface area (TPSA) is 46.6 Å². The van der Waals surface area contributed by atoms with Crippen molar-refractivity contribution >= 4 is 15.8 Å². The number of hydrogen-bond acceptors (Lipinski definition) is 4. The fraction of sp³-hybridized carbons (Fsp3) is 0.529. The van der Waals surface area contributed by atoms with Gasteiger partial charge in [-0.2, -0.15) is 8.42 Å². The van der Waals surface area contributed by atoms with Gasteiger partial charge < -0.3 is 9.08 Å². The molecule has 22 heavy (non-hydrogen) atoms. The molecule has 5 heteroatoms. The van der Waals surface area contributed by atoms with Crippen molar-refractivity contribution in [2.75, 3.05) is 17.7 Å². The monoisotopic (exact) mass is 321 g/mol. The Morgan fingerprint density at radius 1 is 1.05 bits per heavy atom. The van der Waals surface area contributed by atoms with E-state index in [4.69, 9.17) is 4.18 Å². The number of likely N-dealkylation sites (N-methyl/N-ethyl adjacent to an activating group) is 1. The second-order valence-corrected chi connectivity index (χ2v) is 7.75. The Bertz CT molecular complexity index is 652. The molecule has 1 atom stereocenters. The summed E-state index contributed by atoms with van der Waals surface area (Å²) >= 11 is 0. The molecule has 0 aromatic heterocycles. The number of hydrogen-bond donors (Lipinski definition) is 0. The van der Waals surface area contributed by atoms with Gasteiger partial charge in [0.15, 0.2) is 0 Å². The van der Waals surface area contributed by atoms with Crippen LogP contribution in [0.2, 0.25) is 0 Å². The third-order valence-electron chi connectivity index (χ3n) is 4.58. The van der Waals surface area contributed by atoms with Crippen molar-refractivity contribution in [3.63, 3.8) is 0 Å². The molecule has 1 aliphatic heterocycles. The molecule has 3 rings (SSSR count). The number of benzene rings is 1. The van der Waals surface area contributed by atoms with E-state index in [1.54, 1.807) is 0 Å². The van der Waals surface area contributed by atoms with Gasteiger partial charge in [-0.1, -0.05) is 31.0 Å². The van der Waals surface area contributed by atoms with Crippen molar-refractivity contribution in [3.05, 3.63) is 41.7 Å². The quantitative estimate of drug-likeness (QED) is 0.783. The number of para-hydroxylation sites is 1. The van der Waals surface area contributed by atoms with Crippen LogP contribution in [0, 0.1) is 0 Å². The van der Waals surface area contributed by atoms with Crippen LogP contribution in [0.3, 0.4) is 0 Å². The fourth-order valence-electron chi connectivity index (χ4n) is 3.37. The Morgan fingerprint density at radius 2 is 1.73 bits per heavy atom. The van der Waals surface area contributed by atoms with Crippen LogP contribution >= 0.6 is 0 Å². The van der Waals surface area contributed by atoms with Gasteiger partial charge in [-0.25, -0.2) is 0 Å². The zero-order valence-electron chi connectivity index (χ0n) is 13.0. The highest BCUT2D eigenvalue weighted by Gasteiger charge is 2.35. The average Bonchev–Trinajstić information content (AvgIpc) is 2.48. The van der Waals surface area contributed by atoms with Crippen molar-refractivity contribution in [3.8, 4) is 0 Å². The first kappa shape index (κ1) is 15.4. The second-order valence-electron chi connectivity index (χ2n) is 6.13. The SMILES string of the molecule is CN(c1ccccc1)C1CS(=O)(=O)OC2=C1CCCCCC2. The van der Waals surface area contributed by atoms with Crippen molar-refractivity contribution in [1.29, 1.82) is 0 Å². The molecule has 1 aromatic rings. The third kappa shape index (κ3) is 3.29. The molecule has 1 unspecified atom stereocenters. The lowest BCUT2D eigenvalue weighted by Crippen LogP contribution is -2.43. The van der Waals surface area contributed by atoms with E-state index in [9.17, 15) is 8.42 Å². The summed E-state index contributed by atoms with van der Waals surface area (Å²) in [5.41, 5.74) is 2.22. The van der Waals surface area contributed by atoms with Crippen LogP contribution in [-0.2, 0) is 14.3 Å². The maximum atomic E-state index is 12.2. The molecule has 0 saturated heterocycles. The van der Waals surface area contributed by atoms with E-state index in [2.05, 4.69) is 4.90 Å². The van der Waals surface area contributed by atoms with Gasteiger partial charge in [-0.3, -0.25) is 0 Å². The normalized spacial score (nSPS) is 24.7. The van der Waals surface area contributed by atoms with Gasteiger partial charge in [0, 0.05) is 19.2 Å². The molecule has 1 aliphatic carbocycles. The summed E-state index contributed by atoms with van der Waals surface area (Å²) in [6.07, 6.45) is 6.17. The van der Waals surface area contributed by atoms with Crippen LogP contribution < -0.4 is 4.90 Å². The first-order chi connectivity index (χ1) is 10.6. The zero-order chi connectivity index (χ0) is 15.6. The average molecular weight is 321 g/mol. The Morgan fingerprint density at radius 3 is 2.45 bits per heavy atom.